The molecular weight excluding hydrogens is 126 g/mol. The minimum atomic E-state index is 0.208. The molecule has 2 nitrogen and oxygen atoms in total. The number of rotatable bonds is 0. The second-order valence-electron chi connectivity index (χ2n) is 4.07. The van der Waals surface area contributed by atoms with E-state index in [0.29, 0.717) is 12.3 Å². The molecule has 0 bridgehead atoms. The highest BCUT2D eigenvalue weighted by atomic mass is 16.1. The van der Waals surface area contributed by atoms with E-state index in [-0.39, 0.29) is 11.3 Å². The largest absolute Gasteiger partial charge is 0.356 e. The van der Waals surface area contributed by atoms with Crippen LogP contribution in [0.3, 0.4) is 0 Å². The van der Waals surface area contributed by atoms with Crippen molar-refractivity contribution in [2.75, 3.05) is 6.54 Å². The molecule has 1 atom stereocenters. The van der Waals surface area contributed by atoms with Crippen LogP contribution in [-0.4, -0.2) is 12.5 Å². The first kappa shape index (κ1) is 7.58. The smallest absolute Gasteiger partial charge is 0.220 e. The Kier molecular flexibility index (Phi) is 1.71. The minimum absolute atomic E-state index is 0.208. The summed E-state index contributed by atoms with van der Waals surface area (Å²) in [6.07, 6.45) is 0.712. The van der Waals surface area contributed by atoms with Crippen LogP contribution in [-0.2, 0) is 4.79 Å². The molecule has 0 aromatic rings. The number of hydrogen-bond donors (Lipinski definition) is 1. The van der Waals surface area contributed by atoms with Crippen LogP contribution in [0.25, 0.3) is 0 Å². The number of carbonyl (C=O) groups excluding carboxylic acids is 1. The number of hydrogen-bond acceptors (Lipinski definition) is 1. The lowest BCUT2D eigenvalue weighted by Crippen LogP contribution is -2.22. The SMILES string of the molecule is CC(C)(C)[C@H]1CNC(=O)C1. The van der Waals surface area contributed by atoms with Gasteiger partial charge < -0.3 is 5.32 Å². The Morgan fingerprint density at radius 3 is 2.30 bits per heavy atom. The first-order valence-electron chi connectivity index (χ1n) is 3.77. The quantitative estimate of drug-likeness (QED) is 0.539. The lowest BCUT2D eigenvalue weighted by molar-refractivity contribution is -0.119. The molecule has 0 aromatic carbocycles. The van der Waals surface area contributed by atoms with Crippen LogP contribution < -0.4 is 5.32 Å². The predicted octanol–water partition coefficient (Wildman–Crippen LogP) is 1.17. The van der Waals surface area contributed by atoms with Crippen molar-refractivity contribution in [1.29, 1.82) is 0 Å². The fraction of sp³-hybridized carbons (Fsp3) is 0.875. The predicted molar refractivity (Wildman–Crippen MR) is 40.6 cm³/mol. The molecule has 0 spiro atoms. The highest BCUT2D eigenvalue weighted by Crippen LogP contribution is 2.30. The van der Waals surface area contributed by atoms with Gasteiger partial charge in [-0.15, -0.1) is 0 Å². The molecule has 1 rings (SSSR count). The molecule has 0 unspecified atom stereocenters. The van der Waals surface area contributed by atoms with Gasteiger partial charge in [-0.3, -0.25) is 4.79 Å². The van der Waals surface area contributed by atoms with E-state index in [4.69, 9.17) is 0 Å². The first-order chi connectivity index (χ1) is 4.50. The first-order valence-corrected chi connectivity index (χ1v) is 3.77. The average Bonchev–Trinajstić information content (AvgIpc) is 2.11. The van der Waals surface area contributed by atoms with E-state index in [0.717, 1.165) is 6.54 Å². The molecule has 1 aliphatic heterocycles. The van der Waals surface area contributed by atoms with Crippen LogP contribution in [0.15, 0.2) is 0 Å². The third-order valence-corrected chi connectivity index (χ3v) is 2.20. The second kappa shape index (κ2) is 2.26. The Balaban J connectivity index is 2.53. The summed E-state index contributed by atoms with van der Waals surface area (Å²) < 4.78 is 0. The molecule has 1 saturated heterocycles. The number of nitrogens with one attached hydrogen (secondary N) is 1. The zero-order valence-electron chi connectivity index (χ0n) is 6.90. The van der Waals surface area contributed by atoms with Crippen LogP contribution in [0.4, 0.5) is 0 Å². The van der Waals surface area contributed by atoms with Crippen LogP contribution in [0.2, 0.25) is 0 Å². The summed E-state index contributed by atoms with van der Waals surface area (Å²) in [5, 5.41) is 2.84. The lowest BCUT2D eigenvalue weighted by Gasteiger charge is -2.24. The molecule has 1 N–H and O–H groups in total. The Hall–Kier alpha value is -0.530. The topological polar surface area (TPSA) is 29.1 Å². The highest BCUT2D eigenvalue weighted by Gasteiger charge is 2.31. The fourth-order valence-corrected chi connectivity index (χ4v) is 1.22. The van der Waals surface area contributed by atoms with Crippen molar-refractivity contribution in [2.45, 2.75) is 27.2 Å². The Morgan fingerprint density at radius 1 is 1.50 bits per heavy atom. The Morgan fingerprint density at radius 2 is 2.10 bits per heavy atom. The highest BCUT2D eigenvalue weighted by molar-refractivity contribution is 5.78. The van der Waals surface area contributed by atoms with Crippen molar-refractivity contribution in [3.63, 3.8) is 0 Å². The van der Waals surface area contributed by atoms with E-state index >= 15 is 0 Å². The van der Waals surface area contributed by atoms with E-state index in [1.54, 1.807) is 0 Å². The molecular formula is C8H15NO. The summed E-state index contributed by atoms with van der Waals surface area (Å²) in [4.78, 5) is 10.8. The molecule has 0 aliphatic carbocycles. The van der Waals surface area contributed by atoms with Gasteiger partial charge in [0.05, 0.1) is 0 Å². The van der Waals surface area contributed by atoms with Gasteiger partial charge in [-0.2, -0.15) is 0 Å². The molecule has 1 amide bonds. The van der Waals surface area contributed by atoms with Crippen molar-refractivity contribution < 1.29 is 4.79 Å². The molecule has 1 fully saturated rings. The lowest BCUT2D eigenvalue weighted by atomic mass is 9.80. The van der Waals surface area contributed by atoms with Gasteiger partial charge in [0.1, 0.15) is 0 Å². The van der Waals surface area contributed by atoms with Gasteiger partial charge in [-0.05, 0) is 11.3 Å². The molecule has 1 aliphatic rings. The summed E-state index contributed by atoms with van der Waals surface area (Å²) in [5.41, 5.74) is 0.277. The summed E-state index contributed by atoms with van der Waals surface area (Å²) in [6, 6.07) is 0. The van der Waals surface area contributed by atoms with Gasteiger partial charge in [-0.25, -0.2) is 0 Å². The van der Waals surface area contributed by atoms with Crippen molar-refractivity contribution >= 4 is 5.91 Å². The van der Waals surface area contributed by atoms with E-state index < -0.39 is 0 Å². The molecule has 58 valence electrons. The summed E-state index contributed by atoms with van der Waals surface area (Å²) in [5.74, 6) is 0.736. The van der Waals surface area contributed by atoms with E-state index in [9.17, 15) is 4.79 Å². The fourth-order valence-electron chi connectivity index (χ4n) is 1.22. The minimum Gasteiger partial charge on any atom is -0.356 e. The molecule has 0 aromatic heterocycles. The van der Waals surface area contributed by atoms with E-state index in [1.165, 1.54) is 0 Å². The average molecular weight is 141 g/mol. The van der Waals surface area contributed by atoms with Crippen LogP contribution >= 0.6 is 0 Å². The summed E-state index contributed by atoms with van der Waals surface area (Å²) >= 11 is 0. The molecule has 10 heavy (non-hydrogen) atoms. The number of carbonyl (C=O) groups is 1. The monoisotopic (exact) mass is 141 g/mol. The van der Waals surface area contributed by atoms with Gasteiger partial charge in [0, 0.05) is 13.0 Å². The van der Waals surface area contributed by atoms with Crippen molar-refractivity contribution in [1.82, 2.24) is 5.32 Å². The molecule has 2 heteroatoms. The van der Waals surface area contributed by atoms with Crippen molar-refractivity contribution in [2.24, 2.45) is 11.3 Å². The van der Waals surface area contributed by atoms with Crippen molar-refractivity contribution in [3.8, 4) is 0 Å². The zero-order chi connectivity index (χ0) is 7.78. The van der Waals surface area contributed by atoms with Gasteiger partial charge in [-0.1, -0.05) is 20.8 Å². The van der Waals surface area contributed by atoms with Gasteiger partial charge in [0.25, 0.3) is 0 Å². The maximum atomic E-state index is 10.8. The number of amides is 1. The Bertz CT molecular complexity index is 146. The van der Waals surface area contributed by atoms with Crippen LogP contribution in [0, 0.1) is 11.3 Å². The van der Waals surface area contributed by atoms with E-state index in [1.807, 2.05) is 0 Å². The third kappa shape index (κ3) is 1.49. The standard InChI is InChI=1S/C8H15NO/c1-8(2,3)6-4-7(10)9-5-6/h6H,4-5H2,1-3H3,(H,9,10)/t6-/m1/s1. The summed E-state index contributed by atoms with van der Waals surface area (Å²) in [6.45, 7) is 7.40. The second-order valence-corrected chi connectivity index (χ2v) is 4.07. The Labute approximate surface area is 62.0 Å². The zero-order valence-corrected chi connectivity index (χ0v) is 6.90. The van der Waals surface area contributed by atoms with Gasteiger partial charge in [0.15, 0.2) is 0 Å². The van der Waals surface area contributed by atoms with Gasteiger partial charge in [0.2, 0.25) is 5.91 Å². The van der Waals surface area contributed by atoms with E-state index in [2.05, 4.69) is 26.1 Å². The van der Waals surface area contributed by atoms with Gasteiger partial charge >= 0.3 is 0 Å². The summed E-state index contributed by atoms with van der Waals surface area (Å²) in [7, 11) is 0. The van der Waals surface area contributed by atoms with Crippen LogP contribution in [0.1, 0.15) is 27.2 Å². The third-order valence-electron chi connectivity index (χ3n) is 2.20. The van der Waals surface area contributed by atoms with Crippen molar-refractivity contribution in [3.05, 3.63) is 0 Å². The maximum Gasteiger partial charge on any atom is 0.220 e. The normalized spacial score (nSPS) is 26.7. The molecule has 0 saturated carbocycles. The molecule has 0 radical (unpaired) electrons. The maximum absolute atomic E-state index is 10.8. The van der Waals surface area contributed by atoms with Crippen LogP contribution in [0.5, 0.6) is 0 Å². The molecule has 1 heterocycles.